The van der Waals surface area contributed by atoms with Crippen molar-refractivity contribution in [3.8, 4) is 11.1 Å². The van der Waals surface area contributed by atoms with Crippen LogP contribution in [0.25, 0.3) is 11.1 Å². The topological polar surface area (TPSA) is 72.3 Å². The van der Waals surface area contributed by atoms with Crippen LogP contribution in [-0.2, 0) is 17.1 Å². The molecule has 140 valence electrons. The van der Waals surface area contributed by atoms with Crippen molar-refractivity contribution in [1.29, 1.82) is 0 Å². The maximum absolute atomic E-state index is 13.0. The molecule has 0 saturated carbocycles. The minimum atomic E-state index is -3.71. The van der Waals surface area contributed by atoms with E-state index in [1.165, 1.54) is 11.4 Å². The zero-order valence-electron chi connectivity index (χ0n) is 15.7. The van der Waals surface area contributed by atoms with E-state index in [0.29, 0.717) is 16.9 Å². The monoisotopic (exact) mass is 383 g/mol. The molecule has 0 aliphatic heterocycles. The molecule has 0 spiro atoms. The van der Waals surface area contributed by atoms with E-state index in [9.17, 15) is 13.2 Å². The summed E-state index contributed by atoms with van der Waals surface area (Å²) in [5.74, 6) is 0. The Morgan fingerprint density at radius 3 is 2.26 bits per heavy atom. The maximum atomic E-state index is 13.0. The molecule has 0 N–H and O–H groups in total. The summed E-state index contributed by atoms with van der Waals surface area (Å²) in [6, 6.07) is 13.8. The minimum Gasteiger partial charge on any atom is -0.298 e. The molecule has 0 unspecified atom stereocenters. The van der Waals surface area contributed by atoms with E-state index in [4.69, 9.17) is 0 Å². The van der Waals surface area contributed by atoms with E-state index >= 15 is 0 Å². The second kappa shape index (κ2) is 7.00. The molecule has 0 amide bonds. The van der Waals surface area contributed by atoms with Gasteiger partial charge in [-0.05, 0) is 43.2 Å². The third-order valence-corrected chi connectivity index (χ3v) is 6.43. The number of aromatic nitrogens is 2. The Kier molecular flexibility index (Phi) is 4.89. The van der Waals surface area contributed by atoms with Gasteiger partial charge in [0.05, 0.1) is 22.0 Å². The van der Waals surface area contributed by atoms with Gasteiger partial charge in [-0.2, -0.15) is 5.10 Å². The van der Waals surface area contributed by atoms with Crippen LogP contribution in [0.15, 0.2) is 53.4 Å². The zero-order chi connectivity index (χ0) is 19.8. The zero-order valence-corrected chi connectivity index (χ0v) is 16.5. The first-order chi connectivity index (χ1) is 12.8. The van der Waals surface area contributed by atoms with Gasteiger partial charge in [-0.15, -0.1) is 0 Å². The van der Waals surface area contributed by atoms with E-state index in [1.54, 1.807) is 61.1 Å². The summed E-state index contributed by atoms with van der Waals surface area (Å²) >= 11 is 0. The molecular formula is C20H21N3O3S. The lowest BCUT2D eigenvalue weighted by atomic mass is 10.0. The number of aldehydes is 1. The third kappa shape index (κ3) is 3.38. The highest BCUT2D eigenvalue weighted by molar-refractivity contribution is 7.92. The number of rotatable bonds is 5. The molecule has 3 aromatic rings. The summed E-state index contributed by atoms with van der Waals surface area (Å²) < 4.78 is 29.0. The first kappa shape index (κ1) is 18.8. The predicted octanol–water partition coefficient (Wildman–Crippen LogP) is 3.34. The maximum Gasteiger partial charge on any atom is 0.264 e. The Labute approximate surface area is 159 Å². The fraction of sp³-hybridized carbons (Fsp3) is 0.200. The van der Waals surface area contributed by atoms with Gasteiger partial charge in [0.25, 0.3) is 10.0 Å². The molecule has 0 atom stereocenters. The molecule has 1 heterocycles. The molecule has 6 nitrogen and oxygen atoms in total. The Morgan fingerprint density at radius 1 is 1.04 bits per heavy atom. The lowest BCUT2D eigenvalue weighted by Gasteiger charge is -2.20. The Bertz CT molecular complexity index is 1100. The number of carbonyl (C=O) groups excluding carboxylic acids is 1. The molecule has 0 bridgehead atoms. The molecule has 0 fully saturated rings. The van der Waals surface area contributed by atoms with Crippen LogP contribution >= 0.6 is 0 Å². The van der Waals surface area contributed by atoms with E-state index in [1.807, 2.05) is 13.0 Å². The number of nitrogens with zero attached hydrogens (tertiary/aromatic N) is 3. The van der Waals surface area contributed by atoms with Crippen molar-refractivity contribution in [2.75, 3.05) is 11.4 Å². The average Bonchev–Trinajstić information content (AvgIpc) is 2.93. The molecule has 7 heteroatoms. The van der Waals surface area contributed by atoms with Crippen molar-refractivity contribution >= 4 is 22.0 Å². The highest BCUT2D eigenvalue weighted by Crippen LogP contribution is 2.29. The number of sulfonamides is 1. The number of hydrogen-bond acceptors (Lipinski definition) is 4. The summed E-state index contributed by atoms with van der Waals surface area (Å²) in [5, 5.41) is 4.29. The molecular weight excluding hydrogens is 362 g/mol. The number of aryl methyl sites for hydroxylation is 2. The van der Waals surface area contributed by atoms with Crippen LogP contribution in [0.2, 0.25) is 0 Å². The smallest absolute Gasteiger partial charge is 0.264 e. The molecule has 3 rings (SSSR count). The van der Waals surface area contributed by atoms with Crippen molar-refractivity contribution in [2.24, 2.45) is 7.05 Å². The van der Waals surface area contributed by atoms with Crippen LogP contribution in [0.5, 0.6) is 0 Å². The lowest BCUT2D eigenvalue weighted by molar-refractivity contribution is 0.112. The van der Waals surface area contributed by atoms with Gasteiger partial charge in [0.1, 0.15) is 6.29 Å². The van der Waals surface area contributed by atoms with Crippen molar-refractivity contribution in [3.05, 3.63) is 65.5 Å². The van der Waals surface area contributed by atoms with Crippen LogP contribution in [-0.4, -0.2) is 31.5 Å². The van der Waals surface area contributed by atoms with Crippen LogP contribution < -0.4 is 4.31 Å². The van der Waals surface area contributed by atoms with E-state index in [-0.39, 0.29) is 4.90 Å². The lowest BCUT2D eigenvalue weighted by Crippen LogP contribution is -2.27. The molecule has 0 radical (unpaired) electrons. The predicted molar refractivity (Wildman–Crippen MR) is 106 cm³/mol. The van der Waals surface area contributed by atoms with Crippen LogP contribution in [0, 0.1) is 13.8 Å². The van der Waals surface area contributed by atoms with Gasteiger partial charge in [0.2, 0.25) is 0 Å². The first-order valence-corrected chi connectivity index (χ1v) is 9.84. The molecule has 0 saturated heterocycles. The second-order valence-electron chi connectivity index (χ2n) is 6.38. The van der Waals surface area contributed by atoms with Gasteiger partial charge in [-0.3, -0.25) is 13.8 Å². The molecule has 27 heavy (non-hydrogen) atoms. The van der Waals surface area contributed by atoms with Gasteiger partial charge in [0, 0.05) is 19.7 Å². The standard InChI is InChI=1S/C20H21N3O3S/c1-14-20(15(2)22(3)21-14)23(4)27(25,26)19-10-8-17(9-11-19)18-7-5-6-16(12-18)13-24/h5-13H,1-4H3. The summed E-state index contributed by atoms with van der Waals surface area (Å²) in [5.41, 5.74) is 4.29. The van der Waals surface area contributed by atoms with E-state index in [2.05, 4.69) is 5.10 Å². The van der Waals surface area contributed by atoms with Crippen molar-refractivity contribution in [1.82, 2.24) is 9.78 Å². The minimum absolute atomic E-state index is 0.197. The molecule has 0 aliphatic carbocycles. The second-order valence-corrected chi connectivity index (χ2v) is 8.35. The van der Waals surface area contributed by atoms with Crippen LogP contribution in [0.4, 0.5) is 5.69 Å². The van der Waals surface area contributed by atoms with Gasteiger partial charge < -0.3 is 0 Å². The fourth-order valence-corrected chi connectivity index (χ4v) is 4.41. The van der Waals surface area contributed by atoms with E-state index < -0.39 is 10.0 Å². The summed E-state index contributed by atoms with van der Waals surface area (Å²) in [7, 11) is -0.390. The Morgan fingerprint density at radius 2 is 1.70 bits per heavy atom. The van der Waals surface area contributed by atoms with Crippen LogP contribution in [0.3, 0.4) is 0 Å². The highest BCUT2D eigenvalue weighted by atomic mass is 32.2. The number of benzene rings is 2. The van der Waals surface area contributed by atoms with Crippen molar-refractivity contribution in [2.45, 2.75) is 18.7 Å². The molecule has 0 aliphatic rings. The molecule has 1 aromatic heterocycles. The number of anilines is 1. The number of carbonyl (C=O) groups is 1. The largest absolute Gasteiger partial charge is 0.298 e. The Hall–Kier alpha value is -2.93. The Balaban J connectivity index is 1.97. The number of hydrogen-bond donors (Lipinski definition) is 0. The van der Waals surface area contributed by atoms with Crippen molar-refractivity contribution in [3.63, 3.8) is 0 Å². The molecule has 2 aromatic carbocycles. The fourth-order valence-electron chi connectivity index (χ4n) is 3.11. The normalized spacial score (nSPS) is 11.4. The third-order valence-electron chi connectivity index (χ3n) is 4.65. The van der Waals surface area contributed by atoms with Gasteiger partial charge >= 0.3 is 0 Å². The van der Waals surface area contributed by atoms with Gasteiger partial charge in [-0.25, -0.2) is 8.42 Å². The average molecular weight is 383 g/mol. The van der Waals surface area contributed by atoms with Gasteiger partial charge in [-0.1, -0.05) is 30.3 Å². The van der Waals surface area contributed by atoms with Gasteiger partial charge in [0.15, 0.2) is 0 Å². The van der Waals surface area contributed by atoms with E-state index in [0.717, 1.165) is 23.1 Å². The summed E-state index contributed by atoms with van der Waals surface area (Å²) in [4.78, 5) is 11.1. The van der Waals surface area contributed by atoms with Crippen LogP contribution in [0.1, 0.15) is 21.7 Å². The summed E-state index contributed by atoms with van der Waals surface area (Å²) in [6.45, 7) is 3.63. The highest BCUT2D eigenvalue weighted by Gasteiger charge is 2.26. The quantitative estimate of drug-likeness (QED) is 0.634. The first-order valence-electron chi connectivity index (χ1n) is 8.40. The SMILES string of the molecule is Cc1nn(C)c(C)c1N(C)S(=O)(=O)c1ccc(-c2cccc(C=O)c2)cc1. The summed E-state index contributed by atoms with van der Waals surface area (Å²) in [6.07, 6.45) is 0.788. The van der Waals surface area contributed by atoms with Crippen molar-refractivity contribution < 1.29 is 13.2 Å².